The predicted molar refractivity (Wildman–Crippen MR) is 45.5 cm³/mol. The Bertz CT molecular complexity index is 145. The summed E-state index contributed by atoms with van der Waals surface area (Å²) in [5.74, 6) is 0. The van der Waals surface area contributed by atoms with Crippen LogP contribution >= 0.6 is 0 Å². The Kier molecular flexibility index (Phi) is 6.26. The van der Waals surface area contributed by atoms with E-state index in [9.17, 15) is 4.79 Å². The van der Waals surface area contributed by atoms with Gasteiger partial charge in [0.05, 0.1) is 25.9 Å². The van der Waals surface area contributed by atoms with Gasteiger partial charge >= 0.3 is 6.16 Å². The van der Waals surface area contributed by atoms with Gasteiger partial charge in [0.2, 0.25) is 0 Å². The van der Waals surface area contributed by atoms with Gasteiger partial charge in [0, 0.05) is 0 Å². The van der Waals surface area contributed by atoms with E-state index in [1.165, 1.54) is 7.11 Å². The molecule has 0 aromatic carbocycles. The van der Waals surface area contributed by atoms with E-state index < -0.39 is 12.3 Å². The lowest BCUT2D eigenvalue weighted by molar-refractivity contribution is -0.0311. The molecule has 0 aliphatic rings. The Morgan fingerprint density at radius 1 is 1.38 bits per heavy atom. The van der Waals surface area contributed by atoms with Crippen molar-refractivity contribution in [1.29, 1.82) is 0 Å². The SMILES string of the molecule is COC(=O)OCC(C)OCC(C)O. The average Bonchev–Trinajstić information content (AvgIpc) is 2.10. The number of hydrogen-bond acceptors (Lipinski definition) is 5. The van der Waals surface area contributed by atoms with Gasteiger partial charge in [-0.2, -0.15) is 0 Å². The molecular formula is C8H16O5. The van der Waals surface area contributed by atoms with Crippen LogP contribution in [0.15, 0.2) is 0 Å². The van der Waals surface area contributed by atoms with E-state index in [0.29, 0.717) is 0 Å². The van der Waals surface area contributed by atoms with Crippen LogP contribution in [0.1, 0.15) is 13.8 Å². The molecule has 0 saturated heterocycles. The minimum atomic E-state index is -0.729. The minimum absolute atomic E-state index is 0.124. The summed E-state index contributed by atoms with van der Waals surface area (Å²) >= 11 is 0. The van der Waals surface area contributed by atoms with Gasteiger partial charge in [-0.25, -0.2) is 4.79 Å². The lowest BCUT2D eigenvalue weighted by Gasteiger charge is -2.13. The largest absolute Gasteiger partial charge is 0.508 e. The number of ether oxygens (including phenoxy) is 3. The summed E-state index contributed by atoms with van der Waals surface area (Å²) in [6.45, 7) is 3.71. The van der Waals surface area contributed by atoms with Crippen molar-refractivity contribution < 1.29 is 24.1 Å². The molecule has 0 rings (SSSR count). The summed E-state index contributed by atoms with van der Waals surface area (Å²) in [4.78, 5) is 10.5. The molecule has 0 aromatic heterocycles. The molecule has 5 heteroatoms. The fraction of sp³-hybridized carbons (Fsp3) is 0.875. The molecule has 0 amide bonds. The first kappa shape index (κ1) is 12.2. The molecule has 0 bridgehead atoms. The molecule has 1 N–H and O–H groups in total. The van der Waals surface area contributed by atoms with Crippen molar-refractivity contribution >= 4 is 6.16 Å². The molecule has 78 valence electrons. The number of hydrogen-bond donors (Lipinski definition) is 1. The fourth-order valence-electron chi connectivity index (χ4n) is 0.596. The lowest BCUT2D eigenvalue weighted by Crippen LogP contribution is -2.23. The second-order valence-corrected chi connectivity index (χ2v) is 2.76. The van der Waals surface area contributed by atoms with Gasteiger partial charge in [-0.15, -0.1) is 0 Å². The minimum Gasteiger partial charge on any atom is -0.438 e. The molecule has 0 heterocycles. The third kappa shape index (κ3) is 7.55. The van der Waals surface area contributed by atoms with Crippen LogP contribution in [-0.2, 0) is 14.2 Å². The summed E-state index contributed by atoms with van der Waals surface area (Å²) < 4.78 is 14.0. The summed E-state index contributed by atoms with van der Waals surface area (Å²) in [5.41, 5.74) is 0. The average molecular weight is 192 g/mol. The van der Waals surface area contributed by atoms with Crippen molar-refractivity contribution in [2.45, 2.75) is 26.1 Å². The Labute approximate surface area is 77.6 Å². The number of carbonyl (C=O) groups excluding carboxylic acids is 1. The van der Waals surface area contributed by atoms with Crippen LogP contribution in [0.5, 0.6) is 0 Å². The van der Waals surface area contributed by atoms with Crippen LogP contribution in [0.3, 0.4) is 0 Å². The molecule has 2 unspecified atom stereocenters. The zero-order chi connectivity index (χ0) is 10.3. The van der Waals surface area contributed by atoms with Crippen LogP contribution in [0, 0.1) is 0 Å². The van der Waals surface area contributed by atoms with Gasteiger partial charge in [-0.05, 0) is 13.8 Å². The Hall–Kier alpha value is -0.810. The number of methoxy groups -OCH3 is 1. The summed E-state index contributed by atoms with van der Waals surface area (Å²) in [5, 5.41) is 8.87. The van der Waals surface area contributed by atoms with Crippen LogP contribution < -0.4 is 0 Å². The fourth-order valence-corrected chi connectivity index (χ4v) is 0.596. The third-order valence-electron chi connectivity index (χ3n) is 1.22. The molecule has 0 radical (unpaired) electrons. The van der Waals surface area contributed by atoms with E-state index in [1.807, 2.05) is 0 Å². The van der Waals surface area contributed by atoms with E-state index in [0.717, 1.165) is 0 Å². The van der Waals surface area contributed by atoms with Crippen molar-refractivity contribution in [3.05, 3.63) is 0 Å². The molecule has 13 heavy (non-hydrogen) atoms. The molecular weight excluding hydrogens is 176 g/mol. The first-order valence-corrected chi connectivity index (χ1v) is 4.06. The molecule has 0 fully saturated rings. The van der Waals surface area contributed by atoms with Gasteiger partial charge in [0.1, 0.15) is 6.61 Å². The van der Waals surface area contributed by atoms with E-state index >= 15 is 0 Å². The summed E-state index contributed by atoms with van der Waals surface area (Å²) in [6, 6.07) is 0. The van der Waals surface area contributed by atoms with Crippen LogP contribution in [0.2, 0.25) is 0 Å². The molecule has 5 nitrogen and oxygen atoms in total. The highest BCUT2D eigenvalue weighted by molar-refractivity contribution is 5.59. The third-order valence-corrected chi connectivity index (χ3v) is 1.22. The highest BCUT2D eigenvalue weighted by Gasteiger charge is 2.07. The normalized spacial score (nSPS) is 14.8. The van der Waals surface area contributed by atoms with Crippen molar-refractivity contribution in [3.63, 3.8) is 0 Å². The second-order valence-electron chi connectivity index (χ2n) is 2.76. The van der Waals surface area contributed by atoms with Gasteiger partial charge < -0.3 is 19.3 Å². The Balaban J connectivity index is 3.40. The topological polar surface area (TPSA) is 65.0 Å². The van der Waals surface area contributed by atoms with Crippen LogP contribution in [0.4, 0.5) is 4.79 Å². The first-order valence-electron chi connectivity index (χ1n) is 4.06. The highest BCUT2D eigenvalue weighted by Crippen LogP contribution is 1.95. The standard InChI is InChI=1S/C8H16O5/c1-6(9)4-12-7(2)5-13-8(10)11-3/h6-7,9H,4-5H2,1-3H3. The molecule has 0 saturated carbocycles. The first-order chi connectivity index (χ1) is 6.06. The van der Waals surface area contributed by atoms with Gasteiger partial charge in [0.15, 0.2) is 0 Å². The maximum atomic E-state index is 10.5. The van der Waals surface area contributed by atoms with E-state index in [4.69, 9.17) is 9.84 Å². The quantitative estimate of drug-likeness (QED) is 0.644. The number of aliphatic hydroxyl groups excluding tert-OH is 1. The molecule has 0 spiro atoms. The highest BCUT2D eigenvalue weighted by atomic mass is 16.7. The van der Waals surface area contributed by atoms with Crippen molar-refractivity contribution in [1.82, 2.24) is 0 Å². The van der Waals surface area contributed by atoms with Crippen molar-refractivity contribution in [3.8, 4) is 0 Å². The molecule has 0 aromatic rings. The zero-order valence-corrected chi connectivity index (χ0v) is 8.15. The maximum absolute atomic E-state index is 10.5. The van der Waals surface area contributed by atoms with Crippen molar-refractivity contribution in [2.24, 2.45) is 0 Å². The van der Waals surface area contributed by atoms with Crippen molar-refractivity contribution in [2.75, 3.05) is 20.3 Å². The lowest BCUT2D eigenvalue weighted by atomic mass is 10.4. The van der Waals surface area contributed by atoms with E-state index in [1.54, 1.807) is 13.8 Å². The summed E-state index contributed by atoms with van der Waals surface area (Å²) in [6.07, 6.45) is -1.48. The van der Waals surface area contributed by atoms with Crippen LogP contribution in [-0.4, -0.2) is 43.8 Å². The number of aliphatic hydroxyl groups is 1. The van der Waals surface area contributed by atoms with Gasteiger partial charge in [-0.1, -0.05) is 0 Å². The van der Waals surface area contributed by atoms with E-state index in [-0.39, 0.29) is 19.3 Å². The maximum Gasteiger partial charge on any atom is 0.508 e. The monoisotopic (exact) mass is 192 g/mol. The molecule has 0 aliphatic heterocycles. The van der Waals surface area contributed by atoms with Gasteiger partial charge in [0.25, 0.3) is 0 Å². The summed E-state index contributed by atoms with van der Waals surface area (Å²) in [7, 11) is 1.24. The Morgan fingerprint density at radius 3 is 2.46 bits per heavy atom. The molecule has 0 aliphatic carbocycles. The van der Waals surface area contributed by atoms with Gasteiger partial charge in [-0.3, -0.25) is 0 Å². The number of carbonyl (C=O) groups is 1. The predicted octanol–water partition coefficient (Wildman–Crippen LogP) is 0.555. The second kappa shape index (κ2) is 6.68. The zero-order valence-electron chi connectivity index (χ0n) is 8.15. The van der Waals surface area contributed by atoms with Crippen LogP contribution in [0.25, 0.3) is 0 Å². The Morgan fingerprint density at radius 2 is 2.00 bits per heavy atom. The number of rotatable bonds is 5. The molecule has 2 atom stereocenters. The van der Waals surface area contributed by atoms with E-state index in [2.05, 4.69) is 9.47 Å². The smallest absolute Gasteiger partial charge is 0.438 e.